The molecule has 1 aliphatic heterocycles. The second-order valence-corrected chi connectivity index (χ2v) is 21.0. The van der Waals surface area contributed by atoms with E-state index in [1.807, 2.05) is 0 Å². The molecule has 1 saturated heterocycles. The summed E-state index contributed by atoms with van der Waals surface area (Å²) < 4.78 is 13.1. The molecule has 11 atom stereocenters. The van der Waals surface area contributed by atoms with Crippen molar-refractivity contribution in [3.8, 4) is 0 Å². The standard InChI is InChI=1S/C50H88O3/c1-8-10-11-12-13-14-15-16-17-20-23-26-29-35(3)32-39(34-52-48-38(6)36(4)37(5)41(9-2)53-48)33-40(51)30-27-24-21-18-19-22-25-28-31-50-45-42-44-43(45)47(50)49(44,7)46(42)50/h35-39,41-48H,8-34H2,1-7H3/t35-,36?,37?,38?,39?,41?,42?,43?,44?,45?,46?,47?,48?,49?,50?/m0/s1. The van der Waals surface area contributed by atoms with E-state index in [1.165, 1.54) is 164 Å². The van der Waals surface area contributed by atoms with Gasteiger partial charge in [0.1, 0.15) is 5.78 Å². The highest BCUT2D eigenvalue weighted by Crippen LogP contribution is 3.11. The number of Topliss-reactive ketones (excluding diaryl/α,β-unsaturated/α-hetero) is 1. The number of hydrogen-bond donors (Lipinski definition) is 0. The number of ketones is 1. The first-order valence-corrected chi connectivity index (χ1v) is 24.5. The van der Waals surface area contributed by atoms with Crippen LogP contribution in [0.25, 0.3) is 0 Å². The second kappa shape index (κ2) is 19.4. The van der Waals surface area contributed by atoms with E-state index >= 15 is 0 Å². The molecule has 53 heavy (non-hydrogen) atoms. The van der Waals surface area contributed by atoms with Gasteiger partial charge in [0.25, 0.3) is 0 Å². The van der Waals surface area contributed by atoms with Gasteiger partial charge in [0.2, 0.25) is 0 Å². The van der Waals surface area contributed by atoms with Crippen LogP contribution in [-0.4, -0.2) is 24.8 Å². The molecule has 0 N–H and O–H groups in total. The summed E-state index contributed by atoms with van der Waals surface area (Å²) >= 11 is 0. The van der Waals surface area contributed by atoms with Crippen LogP contribution in [0.1, 0.15) is 215 Å². The molecule has 1 heterocycles. The van der Waals surface area contributed by atoms with Gasteiger partial charge in [0.15, 0.2) is 6.29 Å². The third-order valence-corrected chi connectivity index (χ3v) is 17.8. The lowest BCUT2D eigenvalue weighted by atomic mass is 8.92. The summed E-state index contributed by atoms with van der Waals surface area (Å²) in [5, 5.41) is 0. The van der Waals surface area contributed by atoms with E-state index in [-0.39, 0.29) is 12.4 Å². The van der Waals surface area contributed by atoms with E-state index in [9.17, 15) is 4.79 Å². The molecule has 0 radical (unpaired) electrons. The zero-order valence-electron chi connectivity index (χ0n) is 36.3. The van der Waals surface area contributed by atoms with Crippen LogP contribution >= 0.6 is 0 Å². The van der Waals surface area contributed by atoms with Crippen LogP contribution in [-0.2, 0) is 14.3 Å². The van der Waals surface area contributed by atoms with Gasteiger partial charge in [-0.3, -0.25) is 4.79 Å². The van der Waals surface area contributed by atoms with Crippen molar-refractivity contribution in [1.82, 2.24) is 0 Å². The lowest BCUT2D eigenvalue weighted by Gasteiger charge is -3.12. The first kappa shape index (κ1) is 42.2. The maximum absolute atomic E-state index is 13.3. The van der Waals surface area contributed by atoms with Gasteiger partial charge in [-0.05, 0) is 95.7 Å². The average molecular weight is 737 g/mol. The zero-order valence-corrected chi connectivity index (χ0v) is 36.3. The smallest absolute Gasteiger partial charge is 0.160 e. The maximum atomic E-state index is 13.3. The van der Waals surface area contributed by atoms with Crippen molar-refractivity contribution in [2.24, 2.45) is 75.9 Å². The number of carbonyl (C=O) groups excluding carboxylic acids is 1. The van der Waals surface area contributed by atoms with Gasteiger partial charge >= 0.3 is 0 Å². The Balaban J connectivity index is 0.811. The number of ether oxygens (including phenoxy) is 2. The largest absolute Gasteiger partial charge is 0.352 e. The highest BCUT2D eigenvalue weighted by molar-refractivity contribution is 5.78. The number of rotatable bonds is 32. The Morgan fingerprint density at radius 1 is 0.679 bits per heavy atom. The van der Waals surface area contributed by atoms with Crippen LogP contribution in [0.15, 0.2) is 0 Å². The van der Waals surface area contributed by atoms with Gasteiger partial charge in [-0.2, -0.15) is 0 Å². The third-order valence-electron chi connectivity index (χ3n) is 17.8. The van der Waals surface area contributed by atoms with Crippen molar-refractivity contribution in [1.29, 1.82) is 0 Å². The van der Waals surface area contributed by atoms with Crippen molar-refractivity contribution in [3.05, 3.63) is 0 Å². The first-order valence-electron chi connectivity index (χ1n) is 24.5. The molecule has 10 unspecified atom stereocenters. The van der Waals surface area contributed by atoms with Crippen LogP contribution in [0.3, 0.4) is 0 Å². The van der Waals surface area contributed by atoms with Crippen molar-refractivity contribution in [2.75, 3.05) is 6.61 Å². The van der Waals surface area contributed by atoms with Gasteiger partial charge in [0.05, 0.1) is 12.7 Å². The molecule has 0 bridgehead atoms. The summed E-state index contributed by atoms with van der Waals surface area (Å²) in [4.78, 5) is 13.3. The van der Waals surface area contributed by atoms with E-state index in [0.717, 1.165) is 36.5 Å². The van der Waals surface area contributed by atoms with Crippen molar-refractivity contribution in [3.63, 3.8) is 0 Å². The second-order valence-electron chi connectivity index (χ2n) is 21.0. The van der Waals surface area contributed by atoms with Gasteiger partial charge in [0, 0.05) is 18.8 Å². The molecule has 0 aromatic carbocycles. The predicted octanol–water partition coefficient (Wildman–Crippen LogP) is 14.4. The van der Waals surface area contributed by atoms with Crippen LogP contribution < -0.4 is 0 Å². The van der Waals surface area contributed by atoms with Crippen LogP contribution in [0.4, 0.5) is 0 Å². The summed E-state index contributed by atoms with van der Waals surface area (Å²) in [5.41, 5.74) is 1.77. The molecule has 0 amide bonds. The number of hydrogen-bond acceptors (Lipinski definition) is 3. The molecule has 7 aliphatic rings. The molecule has 3 heteroatoms. The van der Waals surface area contributed by atoms with E-state index in [1.54, 1.807) is 6.42 Å². The van der Waals surface area contributed by atoms with E-state index < -0.39 is 0 Å². The molecule has 306 valence electrons. The van der Waals surface area contributed by atoms with Gasteiger partial charge in [-0.1, -0.05) is 177 Å². The fourth-order valence-corrected chi connectivity index (χ4v) is 14.9. The zero-order chi connectivity index (χ0) is 37.6. The molecule has 0 spiro atoms. The summed E-state index contributed by atoms with van der Waals surface area (Å²) in [6, 6.07) is 0. The molecule has 3 nitrogen and oxygen atoms in total. The Labute approximate surface area is 329 Å². The highest BCUT2D eigenvalue weighted by atomic mass is 16.7. The summed E-state index contributed by atoms with van der Waals surface area (Å²) in [7, 11) is 0. The third kappa shape index (κ3) is 8.44. The Hall–Kier alpha value is -0.410. The summed E-state index contributed by atoms with van der Waals surface area (Å²) in [6.07, 6.45) is 34.2. The lowest BCUT2D eigenvalue weighted by Crippen LogP contribution is -3.09. The minimum absolute atomic E-state index is 0.135. The minimum Gasteiger partial charge on any atom is -0.352 e. The lowest BCUT2D eigenvalue weighted by molar-refractivity contribution is -0.656. The number of carbonyl (C=O) groups is 1. The molecule has 0 aromatic rings. The SMILES string of the molecule is CCCCCCCCCCCCCC[C@H](C)CC(COC1OC(CC)C(C)C(C)C1C)CC(=O)CCCCCCCCCCC12C3C4C5C3C1C5(C)C42. The van der Waals surface area contributed by atoms with Gasteiger partial charge in [-0.15, -0.1) is 0 Å². The molecule has 0 aromatic heterocycles. The Morgan fingerprint density at radius 3 is 1.79 bits per heavy atom. The molecule has 6 saturated carbocycles. The fraction of sp³-hybridized carbons (Fsp3) is 0.980. The fourth-order valence-electron chi connectivity index (χ4n) is 14.9. The monoisotopic (exact) mass is 737 g/mol. The van der Waals surface area contributed by atoms with Crippen LogP contribution in [0.2, 0.25) is 0 Å². The molecule has 7 rings (SSSR count). The normalized spacial score (nSPS) is 39.3. The molecule has 6 aliphatic carbocycles. The Kier molecular flexibility index (Phi) is 15.4. The van der Waals surface area contributed by atoms with E-state index in [2.05, 4.69) is 48.5 Å². The van der Waals surface area contributed by atoms with Crippen molar-refractivity contribution < 1.29 is 14.3 Å². The van der Waals surface area contributed by atoms with E-state index in [4.69, 9.17) is 9.47 Å². The predicted molar refractivity (Wildman–Crippen MR) is 223 cm³/mol. The van der Waals surface area contributed by atoms with Gasteiger partial charge < -0.3 is 9.47 Å². The molecule has 7 fully saturated rings. The maximum Gasteiger partial charge on any atom is 0.160 e. The van der Waals surface area contributed by atoms with Crippen molar-refractivity contribution in [2.45, 2.75) is 228 Å². The quantitative estimate of drug-likeness (QED) is 0.0645. The number of unbranched alkanes of at least 4 members (excludes halogenated alkanes) is 18. The first-order chi connectivity index (χ1) is 25.7. The van der Waals surface area contributed by atoms with Crippen LogP contribution in [0, 0.1) is 75.9 Å². The van der Waals surface area contributed by atoms with Crippen LogP contribution in [0.5, 0.6) is 0 Å². The minimum atomic E-state index is -0.135. The summed E-state index contributed by atoms with van der Waals surface area (Å²) in [5.74, 6) is 10.2. The molecular formula is C50H88O3. The van der Waals surface area contributed by atoms with Crippen molar-refractivity contribution >= 4 is 5.78 Å². The Bertz CT molecular complexity index is 1090. The molecular weight excluding hydrogens is 649 g/mol. The topological polar surface area (TPSA) is 35.5 Å². The average Bonchev–Trinajstić information content (AvgIpc) is 3.14. The van der Waals surface area contributed by atoms with Gasteiger partial charge in [-0.25, -0.2) is 0 Å². The Morgan fingerprint density at radius 2 is 1.23 bits per heavy atom. The summed E-state index contributed by atoms with van der Waals surface area (Å²) in [6.45, 7) is 17.3. The van der Waals surface area contributed by atoms with E-state index in [0.29, 0.717) is 48.4 Å². The highest BCUT2D eigenvalue weighted by Gasteiger charge is 3.07.